The van der Waals surface area contributed by atoms with Gasteiger partial charge in [0.1, 0.15) is 0 Å². The zero-order valence-corrected chi connectivity index (χ0v) is 20.6. The Labute approximate surface area is 185 Å². The van der Waals surface area contributed by atoms with Crippen LogP contribution in [0.1, 0.15) is 59.3 Å². The van der Waals surface area contributed by atoms with E-state index in [1.165, 1.54) is 77.8 Å². The molecule has 0 aromatic rings. The quantitative estimate of drug-likeness (QED) is 0.243. The number of likely N-dealkylation sites (N-methyl/N-ethyl adjacent to an activating group) is 1. The Hall–Kier alpha value is -0.0800. The number of guanidine groups is 1. The second-order valence-corrected chi connectivity index (χ2v) is 8.54. The highest BCUT2D eigenvalue weighted by molar-refractivity contribution is 14.0. The van der Waals surface area contributed by atoms with Gasteiger partial charge in [0.25, 0.3) is 0 Å². The second kappa shape index (κ2) is 13.2. The first kappa shape index (κ1) is 25.0. The fourth-order valence-corrected chi connectivity index (χ4v) is 4.63. The molecule has 160 valence electrons. The van der Waals surface area contributed by atoms with E-state index in [1.807, 2.05) is 7.05 Å². The standard InChI is InChI=1S/C21H43N5.HI/c1-5-10-21(3)11-9-14-26(19-21)20(22-4)23-12-7-8-13-25-17-15-24(6-2)16-18-25;/h5-19H2,1-4H3,(H,22,23);1H. The fourth-order valence-electron chi connectivity index (χ4n) is 4.63. The van der Waals surface area contributed by atoms with Crippen LogP contribution in [-0.2, 0) is 0 Å². The number of hydrogen-bond donors (Lipinski definition) is 1. The number of rotatable bonds is 8. The highest BCUT2D eigenvalue weighted by atomic mass is 127. The third kappa shape index (κ3) is 8.44. The molecule has 2 fully saturated rings. The van der Waals surface area contributed by atoms with Crippen LogP contribution in [-0.4, -0.2) is 86.6 Å². The average molecular weight is 494 g/mol. The number of nitrogens with zero attached hydrogens (tertiary/aromatic N) is 4. The normalized spacial score (nSPS) is 25.3. The lowest BCUT2D eigenvalue weighted by Gasteiger charge is -2.42. The van der Waals surface area contributed by atoms with Gasteiger partial charge in [-0.3, -0.25) is 4.99 Å². The second-order valence-electron chi connectivity index (χ2n) is 8.54. The first-order chi connectivity index (χ1) is 12.6. The molecule has 0 aliphatic carbocycles. The third-order valence-corrected chi connectivity index (χ3v) is 6.24. The van der Waals surface area contributed by atoms with Crippen molar-refractivity contribution in [3.63, 3.8) is 0 Å². The van der Waals surface area contributed by atoms with Gasteiger partial charge in [-0.1, -0.05) is 27.2 Å². The summed E-state index contributed by atoms with van der Waals surface area (Å²) in [6, 6.07) is 0. The summed E-state index contributed by atoms with van der Waals surface area (Å²) in [4.78, 5) is 12.2. The van der Waals surface area contributed by atoms with E-state index in [9.17, 15) is 0 Å². The average Bonchev–Trinajstić information content (AvgIpc) is 2.65. The summed E-state index contributed by atoms with van der Waals surface area (Å²) < 4.78 is 0. The Morgan fingerprint density at radius 3 is 2.37 bits per heavy atom. The molecule has 0 saturated carbocycles. The Bertz CT molecular complexity index is 419. The molecule has 5 nitrogen and oxygen atoms in total. The molecular formula is C21H44IN5. The molecule has 1 unspecified atom stereocenters. The molecule has 1 atom stereocenters. The molecule has 0 aromatic heterocycles. The molecule has 0 radical (unpaired) electrons. The van der Waals surface area contributed by atoms with Gasteiger partial charge in [0.15, 0.2) is 5.96 Å². The Morgan fingerprint density at radius 1 is 1.04 bits per heavy atom. The molecule has 2 heterocycles. The van der Waals surface area contributed by atoms with Gasteiger partial charge >= 0.3 is 0 Å². The zero-order chi connectivity index (χ0) is 18.8. The van der Waals surface area contributed by atoms with Gasteiger partial charge in [-0.15, -0.1) is 24.0 Å². The van der Waals surface area contributed by atoms with Crippen LogP contribution in [0.5, 0.6) is 0 Å². The number of nitrogens with one attached hydrogen (secondary N) is 1. The maximum atomic E-state index is 4.56. The Balaban J connectivity index is 0.00000364. The minimum Gasteiger partial charge on any atom is -0.356 e. The van der Waals surface area contributed by atoms with Crippen molar-refractivity contribution in [3.05, 3.63) is 0 Å². The third-order valence-electron chi connectivity index (χ3n) is 6.24. The zero-order valence-electron chi connectivity index (χ0n) is 18.3. The maximum absolute atomic E-state index is 4.56. The van der Waals surface area contributed by atoms with Crippen molar-refractivity contribution in [2.75, 3.05) is 66.0 Å². The van der Waals surface area contributed by atoms with Crippen molar-refractivity contribution >= 4 is 29.9 Å². The molecule has 0 aromatic carbocycles. The molecule has 0 amide bonds. The van der Waals surface area contributed by atoms with Crippen molar-refractivity contribution in [3.8, 4) is 0 Å². The lowest BCUT2D eigenvalue weighted by molar-refractivity contribution is 0.135. The van der Waals surface area contributed by atoms with Crippen LogP contribution in [0.4, 0.5) is 0 Å². The number of likely N-dealkylation sites (tertiary alicyclic amines) is 1. The molecule has 6 heteroatoms. The van der Waals surface area contributed by atoms with E-state index in [2.05, 4.69) is 45.8 Å². The van der Waals surface area contributed by atoms with Crippen molar-refractivity contribution < 1.29 is 0 Å². The van der Waals surface area contributed by atoms with Crippen LogP contribution in [0.3, 0.4) is 0 Å². The van der Waals surface area contributed by atoms with Gasteiger partial charge in [0.2, 0.25) is 0 Å². The van der Waals surface area contributed by atoms with E-state index in [-0.39, 0.29) is 24.0 Å². The Morgan fingerprint density at radius 2 is 1.74 bits per heavy atom. The van der Waals surface area contributed by atoms with Crippen molar-refractivity contribution in [1.82, 2.24) is 20.0 Å². The fraction of sp³-hybridized carbons (Fsp3) is 0.952. The van der Waals surface area contributed by atoms with Gasteiger partial charge in [-0.25, -0.2) is 0 Å². The van der Waals surface area contributed by atoms with E-state index in [0.29, 0.717) is 5.41 Å². The molecule has 2 aliphatic heterocycles. The van der Waals surface area contributed by atoms with Gasteiger partial charge in [-0.05, 0) is 50.6 Å². The summed E-state index contributed by atoms with van der Waals surface area (Å²) in [6.07, 6.45) is 7.77. The monoisotopic (exact) mass is 493 g/mol. The number of halogens is 1. The molecule has 2 rings (SSSR count). The Kier molecular flexibility index (Phi) is 12.2. The van der Waals surface area contributed by atoms with Crippen LogP contribution in [0.25, 0.3) is 0 Å². The highest BCUT2D eigenvalue weighted by Gasteiger charge is 2.31. The summed E-state index contributed by atoms with van der Waals surface area (Å²) >= 11 is 0. The number of hydrogen-bond acceptors (Lipinski definition) is 3. The number of aliphatic imine (C=N–C) groups is 1. The number of unbranched alkanes of at least 4 members (excludes halogenated alkanes) is 1. The molecular weight excluding hydrogens is 449 g/mol. The molecule has 27 heavy (non-hydrogen) atoms. The summed E-state index contributed by atoms with van der Waals surface area (Å²) in [7, 11) is 1.93. The van der Waals surface area contributed by atoms with Crippen molar-refractivity contribution in [2.24, 2.45) is 10.4 Å². The van der Waals surface area contributed by atoms with Crippen LogP contribution < -0.4 is 5.32 Å². The largest absolute Gasteiger partial charge is 0.356 e. The van der Waals surface area contributed by atoms with E-state index in [4.69, 9.17) is 0 Å². The summed E-state index contributed by atoms with van der Waals surface area (Å²) in [6.45, 7) is 17.8. The smallest absolute Gasteiger partial charge is 0.193 e. The minimum absolute atomic E-state index is 0. The van der Waals surface area contributed by atoms with Crippen LogP contribution in [0, 0.1) is 5.41 Å². The predicted octanol–water partition coefficient (Wildman–Crippen LogP) is 3.50. The molecule has 2 aliphatic rings. The summed E-state index contributed by atoms with van der Waals surface area (Å²) in [5, 5.41) is 3.62. The lowest BCUT2D eigenvalue weighted by Crippen LogP contribution is -2.50. The number of piperidine rings is 1. The van der Waals surface area contributed by atoms with Crippen molar-refractivity contribution in [1.29, 1.82) is 0 Å². The first-order valence-corrected chi connectivity index (χ1v) is 11.0. The van der Waals surface area contributed by atoms with Gasteiger partial charge in [-0.2, -0.15) is 0 Å². The maximum Gasteiger partial charge on any atom is 0.193 e. The van der Waals surface area contributed by atoms with Gasteiger partial charge in [0.05, 0.1) is 0 Å². The van der Waals surface area contributed by atoms with E-state index in [1.54, 1.807) is 0 Å². The molecule has 0 bridgehead atoms. The van der Waals surface area contributed by atoms with Crippen LogP contribution >= 0.6 is 24.0 Å². The molecule has 1 N–H and O–H groups in total. The number of piperazine rings is 1. The molecule has 0 spiro atoms. The van der Waals surface area contributed by atoms with Crippen LogP contribution in [0.15, 0.2) is 4.99 Å². The minimum atomic E-state index is 0. The van der Waals surface area contributed by atoms with Gasteiger partial charge in [0, 0.05) is 52.9 Å². The SMILES string of the molecule is CCCC1(C)CCCN(C(=NC)NCCCCN2CCN(CC)CC2)C1.I. The first-order valence-electron chi connectivity index (χ1n) is 11.0. The van der Waals surface area contributed by atoms with E-state index in [0.717, 1.165) is 25.6 Å². The molecule has 2 saturated heterocycles. The summed E-state index contributed by atoms with van der Waals surface area (Å²) in [5.41, 5.74) is 0.464. The van der Waals surface area contributed by atoms with Crippen LogP contribution in [0.2, 0.25) is 0 Å². The topological polar surface area (TPSA) is 34.1 Å². The highest BCUT2D eigenvalue weighted by Crippen LogP contribution is 2.33. The van der Waals surface area contributed by atoms with Crippen molar-refractivity contribution in [2.45, 2.75) is 59.3 Å². The van der Waals surface area contributed by atoms with Gasteiger partial charge < -0.3 is 20.0 Å². The van der Waals surface area contributed by atoms with E-state index < -0.39 is 0 Å². The summed E-state index contributed by atoms with van der Waals surface area (Å²) in [5.74, 6) is 1.11. The lowest BCUT2D eigenvalue weighted by atomic mass is 9.78. The predicted molar refractivity (Wildman–Crippen MR) is 128 cm³/mol. The van der Waals surface area contributed by atoms with E-state index >= 15 is 0 Å².